The van der Waals surface area contributed by atoms with Crippen LogP contribution >= 0.6 is 0 Å². The molecule has 1 aliphatic carbocycles. The molecule has 0 amide bonds. The van der Waals surface area contributed by atoms with Crippen molar-refractivity contribution in [3.63, 3.8) is 0 Å². The van der Waals surface area contributed by atoms with E-state index in [4.69, 9.17) is 4.74 Å². The Labute approximate surface area is 88.9 Å². The summed E-state index contributed by atoms with van der Waals surface area (Å²) in [4.78, 5) is 11.6. The van der Waals surface area contributed by atoms with Crippen LogP contribution in [0.2, 0.25) is 0 Å². The van der Waals surface area contributed by atoms with Gasteiger partial charge in [0.05, 0.1) is 13.0 Å². The molecule has 0 N–H and O–H groups in total. The summed E-state index contributed by atoms with van der Waals surface area (Å²) in [5.74, 6) is 0.445. The Bertz CT molecular complexity index is 430. The minimum atomic E-state index is -0.328. The van der Waals surface area contributed by atoms with E-state index in [1.54, 1.807) is 25.3 Å². The van der Waals surface area contributed by atoms with E-state index in [1.165, 1.54) is 0 Å². The minimum absolute atomic E-state index is 0.0435. The summed E-state index contributed by atoms with van der Waals surface area (Å²) in [7, 11) is 1.60. The summed E-state index contributed by atoms with van der Waals surface area (Å²) in [6.45, 7) is 0. The number of benzene rings is 1. The van der Waals surface area contributed by atoms with Crippen LogP contribution in [0.15, 0.2) is 42.5 Å². The minimum Gasteiger partial charge on any atom is -0.496 e. The zero-order valence-corrected chi connectivity index (χ0v) is 8.44. The van der Waals surface area contributed by atoms with E-state index < -0.39 is 0 Å². The standard InChI is InChI=1S/C13H11O2/c1-15-13-9-5-3-7-11(13)10-6-2-4-8-12(10)14/h2-5,7-10H,1H3. The predicted molar refractivity (Wildman–Crippen MR) is 57.7 cm³/mol. The van der Waals surface area contributed by atoms with Crippen molar-refractivity contribution in [2.45, 2.75) is 5.92 Å². The maximum absolute atomic E-state index is 11.6. The lowest BCUT2D eigenvalue weighted by Gasteiger charge is -2.14. The Morgan fingerprint density at radius 2 is 2.13 bits per heavy atom. The fourth-order valence-electron chi connectivity index (χ4n) is 1.62. The van der Waals surface area contributed by atoms with E-state index in [2.05, 4.69) is 6.08 Å². The second-order valence-electron chi connectivity index (χ2n) is 3.27. The molecule has 0 aliphatic heterocycles. The Kier molecular flexibility index (Phi) is 2.68. The molecular weight excluding hydrogens is 188 g/mol. The van der Waals surface area contributed by atoms with Crippen molar-refractivity contribution in [2.24, 2.45) is 0 Å². The van der Waals surface area contributed by atoms with Gasteiger partial charge in [-0.25, -0.2) is 0 Å². The van der Waals surface area contributed by atoms with Crippen molar-refractivity contribution in [3.8, 4) is 5.75 Å². The molecule has 1 unspecified atom stereocenters. The number of allylic oxidation sites excluding steroid dienone is 4. The first-order chi connectivity index (χ1) is 7.33. The topological polar surface area (TPSA) is 26.3 Å². The molecular formula is C13H11O2. The Balaban J connectivity index is 2.41. The first-order valence-electron chi connectivity index (χ1n) is 4.75. The second-order valence-corrected chi connectivity index (χ2v) is 3.27. The van der Waals surface area contributed by atoms with E-state index in [0.29, 0.717) is 0 Å². The molecule has 0 fully saturated rings. The third-order valence-electron chi connectivity index (χ3n) is 2.35. The highest BCUT2D eigenvalue weighted by Crippen LogP contribution is 2.29. The lowest BCUT2D eigenvalue weighted by Crippen LogP contribution is -2.11. The fourth-order valence-corrected chi connectivity index (χ4v) is 1.62. The highest BCUT2D eigenvalue weighted by Gasteiger charge is 2.20. The summed E-state index contributed by atoms with van der Waals surface area (Å²) in [6, 6.07) is 7.52. The maximum Gasteiger partial charge on any atom is 0.167 e. The molecule has 0 saturated carbocycles. The molecule has 2 nitrogen and oxygen atoms in total. The normalized spacial score (nSPS) is 19.3. The summed E-state index contributed by atoms with van der Waals surface area (Å²) in [5, 5.41) is 0. The van der Waals surface area contributed by atoms with Crippen LogP contribution < -0.4 is 4.74 Å². The van der Waals surface area contributed by atoms with Crippen molar-refractivity contribution in [3.05, 3.63) is 54.1 Å². The highest BCUT2D eigenvalue weighted by atomic mass is 16.5. The lowest BCUT2D eigenvalue weighted by molar-refractivity contribution is -0.115. The van der Waals surface area contributed by atoms with E-state index >= 15 is 0 Å². The van der Waals surface area contributed by atoms with Gasteiger partial charge in [0.15, 0.2) is 5.78 Å². The van der Waals surface area contributed by atoms with Crippen LogP contribution in [0, 0.1) is 6.08 Å². The number of para-hydroxylation sites is 1. The third kappa shape index (κ3) is 1.84. The van der Waals surface area contributed by atoms with Gasteiger partial charge in [0.25, 0.3) is 0 Å². The first kappa shape index (κ1) is 9.71. The fraction of sp³-hybridized carbons (Fsp3) is 0.154. The Morgan fingerprint density at radius 3 is 2.87 bits per heavy atom. The van der Waals surface area contributed by atoms with Gasteiger partial charge in [-0.2, -0.15) is 0 Å². The molecule has 0 heterocycles. The molecule has 2 rings (SSSR count). The molecule has 1 radical (unpaired) electrons. The number of hydrogen-bond acceptors (Lipinski definition) is 2. The average molecular weight is 199 g/mol. The molecule has 15 heavy (non-hydrogen) atoms. The van der Waals surface area contributed by atoms with Crippen LogP contribution in [-0.4, -0.2) is 12.9 Å². The van der Waals surface area contributed by atoms with E-state index in [1.807, 2.05) is 24.3 Å². The summed E-state index contributed by atoms with van der Waals surface area (Å²) in [6.07, 6.45) is 8.05. The van der Waals surface area contributed by atoms with Crippen molar-refractivity contribution >= 4 is 5.78 Å². The van der Waals surface area contributed by atoms with Crippen molar-refractivity contribution in [1.29, 1.82) is 0 Å². The van der Waals surface area contributed by atoms with Crippen molar-refractivity contribution in [2.75, 3.05) is 7.11 Å². The van der Waals surface area contributed by atoms with Crippen LogP contribution in [-0.2, 0) is 4.79 Å². The molecule has 0 bridgehead atoms. The highest BCUT2D eigenvalue weighted by molar-refractivity contribution is 5.98. The number of methoxy groups -OCH3 is 1. The molecule has 1 aromatic carbocycles. The van der Waals surface area contributed by atoms with Crippen LogP contribution in [0.3, 0.4) is 0 Å². The predicted octanol–water partition coefficient (Wildman–Crippen LogP) is 2.28. The number of ether oxygens (including phenoxy) is 1. The summed E-state index contributed by atoms with van der Waals surface area (Å²) >= 11 is 0. The van der Waals surface area contributed by atoms with Gasteiger partial charge in [-0.05, 0) is 18.2 Å². The van der Waals surface area contributed by atoms with Gasteiger partial charge < -0.3 is 4.74 Å². The SMILES string of the molecule is COc1ccccc1C1[C]=CC=CC1=O. The van der Waals surface area contributed by atoms with Gasteiger partial charge in [0.2, 0.25) is 0 Å². The molecule has 0 spiro atoms. The van der Waals surface area contributed by atoms with Gasteiger partial charge in [-0.1, -0.05) is 30.4 Å². The van der Waals surface area contributed by atoms with Gasteiger partial charge >= 0.3 is 0 Å². The van der Waals surface area contributed by atoms with Gasteiger partial charge in [0.1, 0.15) is 5.75 Å². The molecule has 75 valence electrons. The number of carbonyl (C=O) groups is 1. The van der Waals surface area contributed by atoms with Crippen LogP contribution in [0.4, 0.5) is 0 Å². The monoisotopic (exact) mass is 199 g/mol. The zero-order chi connectivity index (χ0) is 10.7. The molecule has 1 atom stereocenters. The molecule has 1 aromatic rings. The van der Waals surface area contributed by atoms with E-state index in [0.717, 1.165) is 11.3 Å². The second kappa shape index (κ2) is 4.13. The number of hydrogen-bond donors (Lipinski definition) is 0. The number of carbonyl (C=O) groups excluding carboxylic acids is 1. The van der Waals surface area contributed by atoms with Crippen molar-refractivity contribution in [1.82, 2.24) is 0 Å². The van der Waals surface area contributed by atoms with E-state index in [-0.39, 0.29) is 11.7 Å². The average Bonchev–Trinajstić information content (AvgIpc) is 2.30. The van der Waals surface area contributed by atoms with Crippen molar-refractivity contribution < 1.29 is 9.53 Å². The quantitative estimate of drug-likeness (QED) is 0.730. The summed E-state index contributed by atoms with van der Waals surface area (Å²) in [5.41, 5.74) is 0.866. The number of rotatable bonds is 2. The van der Waals surface area contributed by atoms with Crippen LogP contribution in [0.25, 0.3) is 0 Å². The third-order valence-corrected chi connectivity index (χ3v) is 2.35. The number of ketones is 1. The summed E-state index contributed by atoms with van der Waals surface area (Å²) < 4.78 is 5.22. The van der Waals surface area contributed by atoms with Gasteiger partial charge in [-0.15, -0.1) is 0 Å². The van der Waals surface area contributed by atoms with E-state index in [9.17, 15) is 4.79 Å². The molecule has 2 heteroatoms. The molecule has 0 aromatic heterocycles. The Hall–Kier alpha value is -1.83. The largest absolute Gasteiger partial charge is 0.496 e. The van der Waals surface area contributed by atoms with Gasteiger partial charge in [-0.3, -0.25) is 4.79 Å². The first-order valence-corrected chi connectivity index (χ1v) is 4.75. The van der Waals surface area contributed by atoms with Crippen LogP contribution in [0.5, 0.6) is 5.75 Å². The van der Waals surface area contributed by atoms with Crippen LogP contribution in [0.1, 0.15) is 11.5 Å². The molecule has 1 aliphatic rings. The van der Waals surface area contributed by atoms with Gasteiger partial charge in [0, 0.05) is 5.56 Å². The smallest absolute Gasteiger partial charge is 0.167 e. The Morgan fingerprint density at radius 1 is 1.33 bits per heavy atom. The zero-order valence-electron chi connectivity index (χ0n) is 8.44. The lowest BCUT2D eigenvalue weighted by atomic mass is 9.91. The molecule has 0 saturated heterocycles. The maximum atomic E-state index is 11.6.